The highest BCUT2D eigenvalue weighted by molar-refractivity contribution is 5.13. The first kappa shape index (κ1) is 11.6. The van der Waals surface area contributed by atoms with Crippen molar-refractivity contribution >= 4 is 0 Å². The zero-order chi connectivity index (χ0) is 11.5. The van der Waals surface area contributed by atoms with Crippen molar-refractivity contribution in [2.75, 3.05) is 13.1 Å². The fourth-order valence-corrected chi connectivity index (χ4v) is 2.28. The molecule has 1 aliphatic rings. The van der Waals surface area contributed by atoms with Gasteiger partial charge in [0.25, 0.3) is 0 Å². The van der Waals surface area contributed by atoms with Crippen LogP contribution in [0.5, 0.6) is 0 Å². The summed E-state index contributed by atoms with van der Waals surface area (Å²) in [5.41, 5.74) is 7.80. The predicted molar refractivity (Wildman–Crippen MR) is 65.7 cm³/mol. The van der Waals surface area contributed by atoms with Gasteiger partial charge < -0.3 is 5.73 Å². The van der Waals surface area contributed by atoms with Crippen LogP contribution in [0.15, 0.2) is 18.3 Å². The lowest BCUT2D eigenvalue weighted by Gasteiger charge is -2.14. The number of hydrogen-bond donors (Lipinski definition) is 1. The first-order valence-corrected chi connectivity index (χ1v) is 6.05. The Kier molecular flexibility index (Phi) is 3.56. The van der Waals surface area contributed by atoms with Crippen LogP contribution in [0, 0.1) is 11.8 Å². The molecule has 1 fully saturated rings. The average Bonchev–Trinajstić information content (AvgIpc) is 2.59. The topological polar surface area (TPSA) is 42.1 Å². The van der Waals surface area contributed by atoms with Gasteiger partial charge in [0.15, 0.2) is 0 Å². The first-order valence-electron chi connectivity index (χ1n) is 6.05. The van der Waals surface area contributed by atoms with E-state index in [9.17, 15) is 0 Å². The highest BCUT2D eigenvalue weighted by Gasteiger charge is 2.25. The summed E-state index contributed by atoms with van der Waals surface area (Å²) in [5.74, 6) is 1.62. The minimum Gasteiger partial charge on any atom is -0.326 e. The molecule has 16 heavy (non-hydrogen) atoms. The van der Waals surface area contributed by atoms with Crippen molar-refractivity contribution in [3.8, 4) is 0 Å². The van der Waals surface area contributed by atoms with Gasteiger partial charge in [0.05, 0.1) is 5.69 Å². The zero-order valence-electron chi connectivity index (χ0n) is 10.2. The highest BCUT2D eigenvalue weighted by atomic mass is 15.2. The zero-order valence-corrected chi connectivity index (χ0v) is 10.2. The molecule has 2 N–H and O–H groups in total. The number of nitrogens with two attached hydrogens (primary N) is 1. The van der Waals surface area contributed by atoms with Crippen molar-refractivity contribution in [2.24, 2.45) is 17.6 Å². The van der Waals surface area contributed by atoms with Gasteiger partial charge in [-0.15, -0.1) is 0 Å². The van der Waals surface area contributed by atoms with Gasteiger partial charge in [-0.3, -0.25) is 9.88 Å². The third kappa shape index (κ3) is 2.60. The van der Waals surface area contributed by atoms with Crippen LogP contribution in [0.4, 0.5) is 0 Å². The van der Waals surface area contributed by atoms with Crippen LogP contribution in [0.25, 0.3) is 0 Å². The monoisotopic (exact) mass is 219 g/mol. The summed E-state index contributed by atoms with van der Waals surface area (Å²) in [5, 5.41) is 0. The van der Waals surface area contributed by atoms with Crippen LogP contribution < -0.4 is 5.73 Å². The molecule has 0 radical (unpaired) electrons. The largest absolute Gasteiger partial charge is 0.326 e. The molecule has 88 valence electrons. The van der Waals surface area contributed by atoms with Gasteiger partial charge >= 0.3 is 0 Å². The molecule has 2 rings (SSSR count). The summed E-state index contributed by atoms with van der Waals surface area (Å²) in [6.07, 6.45) is 1.89. The summed E-state index contributed by atoms with van der Waals surface area (Å²) in [7, 11) is 0. The number of likely N-dealkylation sites (tertiary alicyclic amines) is 1. The fraction of sp³-hybridized carbons (Fsp3) is 0.615. The Morgan fingerprint density at radius 3 is 2.50 bits per heavy atom. The van der Waals surface area contributed by atoms with Gasteiger partial charge in [-0.05, 0) is 23.5 Å². The first-order chi connectivity index (χ1) is 7.69. The van der Waals surface area contributed by atoms with E-state index in [0.29, 0.717) is 6.54 Å². The predicted octanol–water partition coefficient (Wildman–Crippen LogP) is 1.63. The smallest absolute Gasteiger partial charge is 0.0544 e. The van der Waals surface area contributed by atoms with Gasteiger partial charge in [0.2, 0.25) is 0 Å². The van der Waals surface area contributed by atoms with E-state index in [0.717, 1.165) is 29.6 Å². The minimum absolute atomic E-state index is 0.574. The SMILES string of the molecule is CC1CN(Cc2ccc(CN)cn2)CC1C. The number of nitrogens with zero attached hydrogens (tertiary/aromatic N) is 2. The maximum atomic E-state index is 5.55. The molecule has 2 unspecified atom stereocenters. The van der Waals surface area contributed by atoms with E-state index in [2.05, 4.69) is 35.9 Å². The van der Waals surface area contributed by atoms with Gasteiger partial charge in [-0.25, -0.2) is 0 Å². The molecule has 3 heteroatoms. The molecule has 0 aromatic carbocycles. The van der Waals surface area contributed by atoms with Crippen molar-refractivity contribution in [2.45, 2.75) is 26.9 Å². The second-order valence-electron chi connectivity index (χ2n) is 5.01. The summed E-state index contributed by atoms with van der Waals surface area (Å²) < 4.78 is 0. The third-order valence-corrected chi connectivity index (χ3v) is 3.57. The van der Waals surface area contributed by atoms with Gasteiger partial charge in [0.1, 0.15) is 0 Å². The number of hydrogen-bond acceptors (Lipinski definition) is 3. The molecule has 1 aliphatic heterocycles. The average molecular weight is 219 g/mol. The van der Waals surface area contributed by atoms with Crippen molar-refractivity contribution in [1.29, 1.82) is 0 Å². The molecule has 2 atom stereocenters. The molecule has 2 heterocycles. The summed E-state index contributed by atoms with van der Waals surface area (Å²) in [6, 6.07) is 4.17. The van der Waals surface area contributed by atoms with Crippen molar-refractivity contribution in [3.05, 3.63) is 29.6 Å². The Morgan fingerprint density at radius 1 is 1.31 bits per heavy atom. The molecular weight excluding hydrogens is 198 g/mol. The molecule has 0 amide bonds. The second-order valence-corrected chi connectivity index (χ2v) is 5.01. The molecule has 0 bridgehead atoms. The van der Waals surface area contributed by atoms with Crippen LogP contribution in [-0.4, -0.2) is 23.0 Å². The summed E-state index contributed by atoms with van der Waals surface area (Å²) in [4.78, 5) is 6.93. The van der Waals surface area contributed by atoms with Crippen LogP contribution in [0.2, 0.25) is 0 Å². The van der Waals surface area contributed by atoms with E-state index in [1.54, 1.807) is 0 Å². The number of aromatic nitrogens is 1. The van der Waals surface area contributed by atoms with Crippen LogP contribution in [-0.2, 0) is 13.1 Å². The van der Waals surface area contributed by atoms with Crippen LogP contribution in [0.1, 0.15) is 25.1 Å². The maximum Gasteiger partial charge on any atom is 0.0544 e. The van der Waals surface area contributed by atoms with Gasteiger partial charge in [-0.1, -0.05) is 19.9 Å². The molecule has 0 aliphatic carbocycles. The quantitative estimate of drug-likeness (QED) is 0.840. The normalized spacial score (nSPS) is 26.2. The van der Waals surface area contributed by atoms with E-state index in [1.807, 2.05) is 6.20 Å². The highest BCUT2D eigenvalue weighted by Crippen LogP contribution is 2.23. The molecule has 0 saturated carbocycles. The van der Waals surface area contributed by atoms with Crippen LogP contribution in [0.3, 0.4) is 0 Å². The van der Waals surface area contributed by atoms with Crippen LogP contribution >= 0.6 is 0 Å². The van der Waals surface area contributed by atoms with E-state index in [1.165, 1.54) is 13.1 Å². The Balaban J connectivity index is 1.94. The molecular formula is C13H21N3. The molecule has 1 aromatic heterocycles. The standard InChI is InChI=1S/C13H21N3/c1-10-7-16(8-11(10)2)9-13-4-3-12(5-14)6-15-13/h3-4,6,10-11H,5,7-9,14H2,1-2H3. The lowest BCUT2D eigenvalue weighted by molar-refractivity contribution is 0.312. The Morgan fingerprint density at radius 2 is 2.00 bits per heavy atom. The number of pyridine rings is 1. The molecule has 3 nitrogen and oxygen atoms in total. The maximum absolute atomic E-state index is 5.55. The molecule has 1 aromatic rings. The molecule has 0 spiro atoms. The fourth-order valence-electron chi connectivity index (χ4n) is 2.28. The Bertz CT molecular complexity index is 324. The second kappa shape index (κ2) is 4.93. The summed E-state index contributed by atoms with van der Waals surface area (Å²) in [6.45, 7) is 8.60. The number of rotatable bonds is 3. The summed E-state index contributed by atoms with van der Waals surface area (Å²) >= 11 is 0. The third-order valence-electron chi connectivity index (χ3n) is 3.57. The van der Waals surface area contributed by atoms with E-state index in [4.69, 9.17) is 5.73 Å². The van der Waals surface area contributed by atoms with Crippen molar-refractivity contribution in [3.63, 3.8) is 0 Å². The van der Waals surface area contributed by atoms with Crippen molar-refractivity contribution < 1.29 is 0 Å². The van der Waals surface area contributed by atoms with Crippen molar-refractivity contribution in [1.82, 2.24) is 9.88 Å². The minimum atomic E-state index is 0.574. The van der Waals surface area contributed by atoms with Gasteiger partial charge in [0, 0.05) is 32.4 Å². The van der Waals surface area contributed by atoms with E-state index in [-0.39, 0.29) is 0 Å². The molecule has 1 saturated heterocycles. The van der Waals surface area contributed by atoms with E-state index >= 15 is 0 Å². The Hall–Kier alpha value is -0.930. The lowest BCUT2D eigenvalue weighted by Crippen LogP contribution is -2.20. The van der Waals surface area contributed by atoms with Gasteiger partial charge in [-0.2, -0.15) is 0 Å². The lowest BCUT2D eigenvalue weighted by atomic mass is 10.0. The Labute approximate surface area is 97.7 Å². The van der Waals surface area contributed by atoms with E-state index < -0.39 is 0 Å².